The monoisotopic (exact) mass is 1000 g/mol. The standard InChI is InChI=1S/C56H60N10O6S/c1-62-47-33-40(13-16-43(47)52(61-62)44-17-19-50(67)59-54(44)69)65-30-28-64(29-31-65)24-5-23-63-25-20-37(21-26-63)32-36-10-14-41(15-11-36)72-35-39-12-18-49(58-51(39)55(70)71)66-27-22-38-6-4-7-42(45(38)34-66)53(68)60-56-57-46-8-2-3-9-48(46)73-56/h2-4,6-16,18,33,37,44H,5,17,19-32,34-35H2,1H3,(H,70,71)(H,57,60,68)(H,59,67,69). The van der Waals surface area contributed by atoms with Crippen LogP contribution in [0.3, 0.4) is 0 Å². The fraction of sp³-hybridized carbons (Fsp3) is 0.375. The number of pyridine rings is 1. The number of piperazine rings is 1. The number of carbonyl (C=O) groups is 4. The zero-order chi connectivity index (χ0) is 50.0. The van der Waals surface area contributed by atoms with Crippen LogP contribution in [0, 0.1) is 5.92 Å². The minimum Gasteiger partial charge on any atom is -0.489 e. The number of nitrogens with one attached hydrogen (secondary N) is 2. The van der Waals surface area contributed by atoms with E-state index >= 15 is 0 Å². The molecule has 0 spiro atoms. The molecule has 7 heterocycles. The molecule has 4 aromatic carbocycles. The second-order valence-corrected chi connectivity index (χ2v) is 20.9. The zero-order valence-electron chi connectivity index (χ0n) is 41.1. The molecule has 4 aliphatic rings. The van der Waals surface area contributed by atoms with Gasteiger partial charge in [0, 0.05) is 74.9 Å². The fourth-order valence-corrected chi connectivity index (χ4v) is 12.0. The van der Waals surface area contributed by atoms with Crippen LogP contribution in [0.4, 0.5) is 16.6 Å². The average molecular weight is 1000 g/mol. The Balaban J connectivity index is 0.609. The van der Waals surface area contributed by atoms with Crippen molar-refractivity contribution < 1.29 is 29.0 Å². The van der Waals surface area contributed by atoms with Crippen LogP contribution >= 0.6 is 11.3 Å². The third kappa shape index (κ3) is 10.7. The van der Waals surface area contributed by atoms with Gasteiger partial charge in [-0.05, 0) is 148 Å². The molecule has 7 aromatic rings. The molecule has 73 heavy (non-hydrogen) atoms. The molecule has 17 heteroatoms. The molecule has 0 radical (unpaired) electrons. The minimum atomic E-state index is -1.12. The Labute approximate surface area is 428 Å². The van der Waals surface area contributed by atoms with Gasteiger partial charge in [-0.3, -0.25) is 34.6 Å². The van der Waals surface area contributed by atoms with E-state index in [-0.39, 0.29) is 30.0 Å². The van der Waals surface area contributed by atoms with Crippen molar-refractivity contribution in [1.29, 1.82) is 0 Å². The Hall–Kier alpha value is -7.21. The van der Waals surface area contributed by atoms with Crippen LogP contribution in [-0.2, 0) is 42.6 Å². The first-order valence-electron chi connectivity index (χ1n) is 25.6. The molecular weight excluding hydrogens is 941 g/mol. The molecule has 1 atom stereocenters. The molecule has 3 amide bonds. The molecule has 3 N–H and O–H groups in total. The van der Waals surface area contributed by atoms with Gasteiger partial charge in [0.2, 0.25) is 11.8 Å². The van der Waals surface area contributed by atoms with Gasteiger partial charge in [-0.1, -0.05) is 47.7 Å². The summed E-state index contributed by atoms with van der Waals surface area (Å²) in [5.74, 6) is -0.365. The number of ether oxygens (including phenoxy) is 1. The van der Waals surface area contributed by atoms with Gasteiger partial charge in [0.15, 0.2) is 10.8 Å². The summed E-state index contributed by atoms with van der Waals surface area (Å²) in [7, 11) is 1.92. The van der Waals surface area contributed by atoms with Crippen molar-refractivity contribution in [3.63, 3.8) is 0 Å². The summed E-state index contributed by atoms with van der Waals surface area (Å²) in [6.07, 6.45) is 6.07. The summed E-state index contributed by atoms with van der Waals surface area (Å²) in [4.78, 5) is 69.3. The molecule has 0 aliphatic carbocycles. The number of carboxylic acids is 1. The SMILES string of the molecule is Cn1nc(C2CCC(=O)NC2=O)c2ccc(N3CCN(CCCN4CCC(Cc5ccc(OCc6ccc(N7CCc8cccc(C(=O)Nc9nc%10ccccc%10s9)c8C7)nc6C(=O)O)cc5)CC4)CC3)cc21. The lowest BCUT2D eigenvalue weighted by Gasteiger charge is -2.37. The molecule has 3 aromatic heterocycles. The van der Waals surface area contributed by atoms with E-state index < -0.39 is 11.9 Å². The lowest BCUT2D eigenvalue weighted by molar-refractivity contribution is -0.134. The van der Waals surface area contributed by atoms with Crippen LogP contribution < -0.4 is 25.2 Å². The van der Waals surface area contributed by atoms with E-state index in [2.05, 4.69) is 65.6 Å². The van der Waals surface area contributed by atoms with Crippen LogP contribution in [0.2, 0.25) is 0 Å². The van der Waals surface area contributed by atoms with Gasteiger partial charge >= 0.3 is 5.97 Å². The Bertz CT molecular complexity index is 3160. The maximum Gasteiger partial charge on any atom is 0.354 e. The number of carbonyl (C=O) groups excluding carboxylic acids is 3. The first-order chi connectivity index (χ1) is 35.6. The van der Waals surface area contributed by atoms with E-state index in [1.807, 2.05) is 77.3 Å². The Morgan fingerprint density at radius 3 is 2.40 bits per heavy atom. The number of hydrogen-bond acceptors (Lipinski definition) is 13. The Kier molecular flexibility index (Phi) is 13.9. The maximum atomic E-state index is 13.6. The highest BCUT2D eigenvalue weighted by atomic mass is 32.1. The highest BCUT2D eigenvalue weighted by molar-refractivity contribution is 7.22. The average Bonchev–Trinajstić information content (AvgIpc) is 3.97. The van der Waals surface area contributed by atoms with Gasteiger partial charge < -0.3 is 24.5 Å². The summed E-state index contributed by atoms with van der Waals surface area (Å²) in [5, 5.41) is 21.9. The van der Waals surface area contributed by atoms with Gasteiger partial charge in [-0.2, -0.15) is 5.10 Å². The number of fused-ring (bicyclic) bond motifs is 3. The molecule has 1 unspecified atom stereocenters. The largest absolute Gasteiger partial charge is 0.489 e. The van der Waals surface area contributed by atoms with E-state index in [9.17, 15) is 24.3 Å². The number of para-hydroxylation sites is 1. The second kappa shape index (κ2) is 21.1. The summed E-state index contributed by atoms with van der Waals surface area (Å²) < 4.78 is 8.99. The number of aryl methyl sites for hydroxylation is 1. The number of amides is 3. The predicted molar refractivity (Wildman–Crippen MR) is 283 cm³/mol. The third-order valence-electron chi connectivity index (χ3n) is 15.2. The summed E-state index contributed by atoms with van der Waals surface area (Å²) in [6.45, 7) is 9.57. The lowest BCUT2D eigenvalue weighted by atomic mass is 9.90. The van der Waals surface area contributed by atoms with Crippen molar-refractivity contribution in [1.82, 2.24) is 34.9 Å². The van der Waals surface area contributed by atoms with Crippen molar-refractivity contribution in [3.8, 4) is 5.75 Å². The number of imide groups is 1. The van der Waals surface area contributed by atoms with Crippen LogP contribution in [0.25, 0.3) is 21.1 Å². The van der Waals surface area contributed by atoms with E-state index in [1.165, 1.54) is 35.4 Å². The van der Waals surface area contributed by atoms with Crippen molar-refractivity contribution in [3.05, 3.63) is 136 Å². The van der Waals surface area contributed by atoms with E-state index in [0.29, 0.717) is 66.1 Å². The number of likely N-dealkylation sites (tertiary alicyclic amines) is 1. The van der Waals surface area contributed by atoms with Crippen LogP contribution in [-0.4, -0.2) is 117 Å². The fourth-order valence-electron chi connectivity index (χ4n) is 11.1. The number of thiazole rings is 1. The number of aromatic nitrogens is 4. The molecule has 3 saturated heterocycles. The number of nitrogens with zero attached hydrogens (tertiary/aromatic N) is 8. The first kappa shape index (κ1) is 48.1. The van der Waals surface area contributed by atoms with Gasteiger partial charge in [-0.15, -0.1) is 0 Å². The number of rotatable bonds is 15. The quantitative estimate of drug-likeness (QED) is 0.0854. The molecule has 0 bridgehead atoms. The summed E-state index contributed by atoms with van der Waals surface area (Å²) >= 11 is 1.44. The van der Waals surface area contributed by atoms with Crippen LogP contribution in [0.15, 0.2) is 97.1 Å². The zero-order valence-corrected chi connectivity index (χ0v) is 41.9. The lowest BCUT2D eigenvalue weighted by Crippen LogP contribution is -2.47. The number of aromatic carboxylic acids is 1. The highest BCUT2D eigenvalue weighted by Crippen LogP contribution is 2.34. The Morgan fingerprint density at radius 2 is 1.62 bits per heavy atom. The van der Waals surface area contributed by atoms with Gasteiger partial charge in [0.25, 0.3) is 5.91 Å². The number of anilines is 3. The molecule has 4 aliphatic heterocycles. The molecular formula is C56H60N10O6S. The first-order valence-corrected chi connectivity index (χ1v) is 26.4. The smallest absolute Gasteiger partial charge is 0.354 e. The summed E-state index contributed by atoms with van der Waals surface area (Å²) in [5.41, 5.74) is 8.03. The molecule has 376 valence electrons. The normalized spacial score (nSPS) is 18.0. The molecule has 0 saturated carbocycles. The van der Waals surface area contributed by atoms with Gasteiger partial charge in [0.05, 0.1) is 27.3 Å². The van der Waals surface area contributed by atoms with Crippen molar-refractivity contribution in [2.75, 3.05) is 74.0 Å². The van der Waals surface area contributed by atoms with Crippen molar-refractivity contribution >= 4 is 72.8 Å². The van der Waals surface area contributed by atoms with Crippen LogP contribution in [0.1, 0.15) is 86.8 Å². The van der Waals surface area contributed by atoms with Crippen molar-refractivity contribution in [2.24, 2.45) is 13.0 Å². The third-order valence-corrected chi connectivity index (χ3v) is 16.1. The highest BCUT2D eigenvalue weighted by Gasteiger charge is 2.32. The van der Waals surface area contributed by atoms with E-state index in [0.717, 1.165) is 103 Å². The maximum absolute atomic E-state index is 13.6. The topological polar surface area (TPSA) is 178 Å². The number of benzene rings is 4. The minimum absolute atomic E-state index is 0.0475. The van der Waals surface area contributed by atoms with E-state index in [1.54, 1.807) is 6.07 Å². The Morgan fingerprint density at radius 1 is 0.822 bits per heavy atom. The molecule has 3 fully saturated rings. The van der Waals surface area contributed by atoms with E-state index in [4.69, 9.17) is 9.84 Å². The molecule has 16 nitrogen and oxygen atoms in total. The summed E-state index contributed by atoms with van der Waals surface area (Å²) in [6, 6.07) is 31.8. The second-order valence-electron chi connectivity index (χ2n) is 19.9. The predicted octanol–water partition coefficient (Wildman–Crippen LogP) is 7.66. The molecule has 11 rings (SSSR count). The van der Waals surface area contributed by atoms with Crippen LogP contribution in [0.5, 0.6) is 5.75 Å². The number of hydrogen-bond donors (Lipinski definition) is 3. The van der Waals surface area contributed by atoms with Gasteiger partial charge in [0.1, 0.15) is 18.2 Å². The number of piperidine rings is 2. The van der Waals surface area contributed by atoms with Crippen molar-refractivity contribution in [2.45, 2.75) is 64.0 Å². The number of carboxylic acid groups (broad SMARTS) is 1. The van der Waals surface area contributed by atoms with Gasteiger partial charge in [-0.25, -0.2) is 14.8 Å².